The van der Waals surface area contributed by atoms with Crippen LogP contribution < -0.4 is 11.2 Å². The van der Waals surface area contributed by atoms with Gasteiger partial charge in [-0.1, -0.05) is 18.3 Å². The monoisotopic (exact) mass is 306 g/mol. The summed E-state index contributed by atoms with van der Waals surface area (Å²) in [6.45, 7) is 0. The van der Waals surface area contributed by atoms with Crippen molar-refractivity contribution in [3.8, 4) is 10.7 Å². The first-order valence-electron chi connectivity index (χ1n) is 5.74. The van der Waals surface area contributed by atoms with Gasteiger partial charge in [-0.15, -0.1) is 11.3 Å². The van der Waals surface area contributed by atoms with Gasteiger partial charge in [-0.05, 0) is 11.4 Å². The molecule has 0 radical (unpaired) electrons. The van der Waals surface area contributed by atoms with Crippen molar-refractivity contribution in [3.63, 3.8) is 0 Å². The molecule has 3 aromatic rings. The van der Waals surface area contributed by atoms with Crippen molar-refractivity contribution in [2.75, 3.05) is 0 Å². The summed E-state index contributed by atoms with van der Waals surface area (Å²) in [7, 11) is 3.01. The molecule has 3 heterocycles. The van der Waals surface area contributed by atoms with Crippen LogP contribution >= 0.6 is 23.6 Å². The van der Waals surface area contributed by atoms with Gasteiger partial charge in [0.15, 0.2) is 5.82 Å². The van der Waals surface area contributed by atoms with Crippen molar-refractivity contribution in [2.24, 2.45) is 14.1 Å². The van der Waals surface area contributed by atoms with E-state index in [-0.39, 0.29) is 10.0 Å². The Balaban J connectivity index is 2.53. The largest absolute Gasteiger partial charge is 0.332 e. The van der Waals surface area contributed by atoms with Crippen molar-refractivity contribution in [3.05, 3.63) is 43.0 Å². The van der Waals surface area contributed by atoms with Gasteiger partial charge in [0.2, 0.25) is 0 Å². The van der Waals surface area contributed by atoms with Crippen molar-refractivity contribution in [2.45, 2.75) is 0 Å². The maximum Gasteiger partial charge on any atom is 0.332 e. The Bertz CT molecular complexity index is 980. The van der Waals surface area contributed by atoms with Gasteiger partial charge in [-0.2, -0.15) is 0 Å². The first-order chi connectivity index (χ1) is 9.50. The Kier molecular flexibility index (Phi) is 2.91. The van der Waals surface area contributed by atoms with E-state index in [1.807, 2.05) is 17.5 Å². The average Bonchev–Trinajstić information content (AvgIpc) is 2.96. The highest BCUT2D eigenvalue weighted by Gasteiger charge is 2.13. The van der Waals surface area contributed by atoms with Gasteiger partial charge < -0.3 is 4.98 Å². The number of aromatic amines is 1. The van der Waals surface area contributed by atoms with Crippen molar-refractivity contribution in [1.29, 1.82) is 0 Å². The van der Waals surface area contributed by atoms with Crippen molar-refractivity contribution < 1.29 is 0 Å². The SMILES string of the molecule is Cn1c(=O)c2c(=S)nc(-c3cccs3)[nH]c2n(C)c1=O. The molecule has 3 rings (SSSR count). The molecule has 8 heteroatoms. The van der Waals surface area contributed by atoms with Crippen LogP contribution in [0.1, 0.15) is 0 Å². The molecule has 0 saturated heterocycles. The van der Waals surface area contributed by atoms with Gasteiger partial charge in [0.25, 0.3) is 5.56 Å². The summed E-state index contributed by atoms with van der Waals surface area (Å²) < 4.78 is 2.59. The van der Waals surface area contributed by atoms with E-state index in [1.165, 1.54) is 23.0 Å². The molecule has 20 heavy (non-hydrogen) atoms. The number of hydrogen-bond donors (Lipinski definition) is 1. The van der Waals surface area contributed by atoms with Crippen LogP contribution in [0.4, 0.5) is 0 Å². The topological polar surface area (TPSA) is 72.7 Å². The minimum atomic E-state index is -0.436. The highest BCUT2D eigenvalue weighted by atomic mass is 32.1. The summed E-state index contributed by atoms with van der Waals surface area (Å²) in [5.74, 6) is 0.556. The second-order valence-corrected chi connectivity index (χ2v) is 5.63. The summed E-state index contributed by atoms with van der Waals surface area (Å²) in [4.78, 5) is 32.3. The molecular weight excluding hydrogens is 296 g/mol. The predicted molar refractivity (Wildman–Crippen MR) is 80.7 cm³/mol. The Labute approximate surface area is 122 Å². The van der Waals surface area contributed by atoms with Crippen LogP contribution in [0.3, 0.4) is 0 Å². The smallest absolute Gasteiger partial charge is 0.324 e. The normalized spacial score (nSPS) is 11.1. The maximum absolute atomic E-state index is 12.1. The lowest BCUT2D eigenvalue weighted by molar-refractivity contribution is 0.706. The van der Waals surface area contributed by atoms with Gasteiger partial charge >= 0.3 is 5.69 Å². The first kappa shape index (κ1) is 12.9. The zero-order chi connectivity index (χ0) is 14.4. The highest BCUT2D eigenvalue weighted by Crippen LogP contribution is 2.22. The molecule has 3 aromatic heterocycles. The fourth-order valence-electron chi connectivity index (χ4n) is 2.01. The molecule has 0 fully saturated rings. The third-order valence-electron chi connectivity index (χ3n) is 3.08. The maximum atomic E-state index is 12.1. The number of thiophene rings is 1. The third-order valence-corrected chi connectivity index (χ3v) is 4.26. The average molecular weight is 306 g/mol. The molecule has 0 aliphatic heterocycles. The van der Waals surface area contributed by atoms with E-state index >= 15 is 0 Å². The van der Waals surface area contributed by atoms with E-state index < -0.39 is 11.2 Å². The lowest BCUT2D eigenvalue weighted by atomic mass is 10.3. The molecule has 0 aliphatic rings. The Morgan fingerprint density at radius 2 is 2.05 bits per heavy atom. The van der Waals surface area contributed by atoms with Crippen LogP contribution in [-0.4, -0.2) is 19.1 Å². The second kappa shape index (κ2) is 4.50. The minimum Gasteiger partial charge on any atom is -0.324 e. The van der Waals surface area contributed by atoms with Gasteiger partial charge in [0, 0.05) is 14.1 Å². The van der Waals surface area contributed by atoms with Crippen LogP contribution in [0.25, 0.3) is 21.7 Å². The Morgan fingerprint density at radius 3 is 2.70 bits per heavy atom. The van der Waals surface area contributed by atoms with Crippen LogP contribution in [-0.2, 0) is 14.1 Å². The molecule has 0 amide bonds. The van der Waals surface area contributed by atoms with Crippen LogP contribution in [0.15, 0.2) is 27.1 Å². The molecule has 0 aromatic carbocycles. The van der Waals surface area contributed by atoms with E-state index in [0.717, 1.165) is 9.44 Å². The Hall–Kier alpha value is -2.06. The van der Waals surface area contributed by atoms with Gasteiger partial charge in [0.1, 0.15) is 15.7 Å². The summed E-state index contributed by atoms with van der Waals surface area (Å²) in [5.41, 5.74) is -0.451. The van der Waals surface area contributed by atoms with Crippen molar-refractivity contribution in [1.82, 2.24) is 19.1 Å². The summed E-state index contributed by atoms with van der Waals surface area (Å²) >= 11 is 6.71. The lowest BCUT2D eigenvalue weighted by Gasteiger charge is -2.08. The van der Waals surface area contributed by atoms with E-state index in [9.17, 15) is 9.59 Å². The van der Waals surface area contributed by atoms with Gasteiger partial charge in [-0.3, -0.25) is 13.9 Å². The zero-order valence-electron chi connectivity index (χ0n) is 10.7. The molecule has 0 saturated carbocycles. The van der Waals surface area contributed by atoms with E-state index in [4.69, 9.17) is 12.2 Å². The minimum absolute atomic E-state index is 0.193. The van der Waals surface area contributed by atoms with Crippen LogP contribution in [0, 0.1) is 4.64 Å². The molecule has 6 nitrogen and oxygen atoms in total. The van der Waals surface area contributed by atoms with Crippen LogP contribution in [0.2, 0.25) is 0 Å². The number of aromatic nitrogens is 4. The molecule has 0 bridgehead atoms. The standard InChI is InChI=1S/C12H10N4O2S2/c1-15-9-7(11(17)16(2)12(15)18)10(19)14-8(13-9)6-4-3-5-20-6/h3-5H,1-2H3,(H,13,14,19). The fourth-order valence-corrected chi connectivity index (χ4v) is 2.96. The number of hydrogen-bond acceptors (Lipinski definition) is 5. The van der Waals surface area contributed by atoms with E-state index in [1.54, 1.807) is 7.05 Å². The summed E-state index contributed by atoms with van der Waals surface area (Å²) in [5, 5.41) is 2.17. The molecule has 0 aliphatic carbocycles. The highest BCUT2D eigenvalue weighted by molar-refractivity contribution is 7.71. The third kappa shape index (κ3) is 1.76. The second-order valence-electron chi connectivity index (χ2n) is 4.30. The molecular formula is C12H10N4O2S2. The van der Waals surface area contributed by atoms with Gasteiger partial charge in [0.05, 0.1) is 4.88 Å². The van der Waals surface area contributed by atoms with E-state index in [0.29, 0.717) is 11.5 Å². The fraction of sp³-hybridized carbons (Fsp3) is 0.167. The lowest BCUT2D eigenvalue weighted by Crippen LogP contribution is -2.37. The molecule has 0 spiro atoms. The zero-order valence-corrected chi connectivity index (χ0v) is 12.3. The number of rotatable bonds is 1. The van der Waals surface area contributed by atoms with Crippen molar-refractivity contribution >= 4 is 34.6 Å². The molecule has 102 valence electrons. The molecule has 0 atom stereocenters. The molecule has 1 N–H and O–H groups in total. The number of aryl methyl sites for hydroxylation is 1. The Morgan fingerprint density at radius 1 is 1.30 bits per heavy atom. The molecule has 0 unspecified atom stereocenters. The van der Waals surface area contributed by atoms with Gasteiger partial charge in [-0.25, -0.2) is 9.78 Å². The summed E-state index contributed by atoms with van der Waals surface area (Å²) in [6.07, 6.45) is 0. The quantitative estimate of drug-likeness (QED) is 0.690. The number of H-pyrrole nitrogens is 1. The number of nitrogens with one attached hydrogen (secondary N) is 1. The summed E-state index contributed by atoms with van der Waals surface area (Å²) in [6, 6.07) is 3.79. The van der Waals surface area contributed by atoms with E-state index in [2.05, 4.69) is 9.97 Å². The predicted octanol–water partition coefficient (Wildman–Crippen LogP) is 1.42. The number of nitrogens with zero attached hydrogens (tertiary/aromatic N) is 3. The first-order valence-corrected chi connectivity index (χ1v) is 7.03. The number of fused-ring (bicyclic) bond motifs is 1. The van der Waals surface area contributed by atoms with Crippen LogP contribution in [0.5, 0.6) is 0 Å².